The Morgan fingerprint density at radius 2 is 1.76 bits per heavy atom. The van der Waals surface area contributed by atoms with Gasteiger partial charge in [0, 0.05) is 52.4 Å². The summed E-state index contributed by atoms with van der Waals surface area (Å²) < 4.78 is 35.6. The summed E-state index contributed by atoms with van der Waals surface area (Å²) in [7, 11) is -3.62. The minimum atomic E-state index is -3.62. The standard InChI is InChI=1S/C31H39ClN4O4S/c1-8-36-23(6)29(21(4)33-36)27-12-9-11-26-25(13-10-16-40-24-17-19(2)30(32)20(3)18-24)22(5)35(31(26)27)15-14-28(37)34-41(7,38)39/h9,11-12,17-18H,8,10,13-16H2,1-7H3,(H,34,37). The summed E-state index contributed by atoms with van der Waals surface area (Å²) in [6, 6.07) is 10.2. The number of sulfonamides is 1. The maximum atomic E-state index is 12.5. The summed E-state index contributed by atoms with van der Waals surface area (Å²) in [5.74, 6) is 0.280. The van der Waals surface area contributed by atoms with E-state index >= 15 is 0 Å². The molecule has 0 atom stereocenters. The van der Waals surface area contributed by atoms with Gasteiger partial charge in [0.25, 0.3) is 0 Å². The minimum absolute atomic E-state index is 0.0377. The molecule has 0 bridgehead atoms. The van der Waals surface area contributed by atoms with Crippen LogP contribution in [0, 0.1) is 34.6 Å². The molecule has 41 heavy (non-hydrogen) atoms. The first kappa shape index (κ1) is 30.7. The number of benzene rings is 2. The molecule has 4 aromatic rings. The molecule has 2 aromatic carbocycles. The van der Waals surface area contributed by atoms with E-state index in [0.717, 1.165) is 86.7 Å². The molecular formula is C31H39ClN4O4S. The van der Waals surface area contributed by atoms with E-state index in [4.69, 9.17) is 21.4 Å². The fraction of sp³-hybridized carbons (Fsp3) is 0.419. The second-order valence-electron chi connectivity index (χ2n) is 10.6. The van der Waals surface area contributed by atoms with Gasteiger partial charge in [-0.05, 0) is 83.2 Å². The Kier molecular flexibility index (Phi) is 9.19. The molecule has 0 radical (unpaired) electrons. The van der Waals surface area contributed by atoms with E-state index in [-0.39, 0.29) is 6.42 Å². The normalized spacial score (nSPS) is 11.8. The molecule has 220 valence electrons. The smallest absolute Gasteiger partial charge is 0.235 e. The van der Waals surface area contributed by atoms with Crippen molar-refractivity contribution in [3.05, 3.63) is 69.1 Å². The van der Waals surface area contributed by atoms with Gasteiger partial charge >= 0.3 is 0 Å². The first-order valence-electron chi connectivity index (χ1n) is 13.9. The van der Waals surface area contributed by atoms with Crippen LogP contribution in [0.25, 0.3) is 22.0 Å². The van der Waals surface area contributed by atoms with E-state index in [1.54, 1.807) is 0 Å². The number of halogens is 1. The number of aryl methyl sites for hydroxylation is 6. The second kappa shape index (κ2) is 12.3. The Labute approximate surface area is 247 Å². The number of aromatic nitrogens is 3. The molecule has 0 saturated heterocycles. The van der Waals surface area contributed by atoms with Crippen molar-refractivity contribution in [2.24, 2.45) is 0 Å². The summed E-state index contributed by atoms with van der Waals surface area (Å²) in [5.41, 5.74) is 9.42. The number of carbonyl (C=O) groups is 1. The maximum Gasteiger partial charge on any atom is 0.235 e. The summed E-state index contributed by atoms with van der Waals surface area (Å²) >= 11 is 6.31. The number of amides is 1. The first-order chi connectivity index (χ1) is 19.3. The van der Waals surface area contributed by atoms with Gasteiger partial charge < -0.3 is 9.30 Å². The van der Waals surface area contributed by atoms with E-state index in [1.165, 1.54) is 5.56 Å². The van der Waals surface area contributed by atoms with Crippen molar-refractivity contribution in [3.8, 4) is 16.9 Å². The molecule has 0 unspecified atom stereocenters. The lowest BCUT2D eigenvalue weighted by atomic mass is 9.98. The molecule has 4 rings (SSSR count). The van der Waals surface area contributed by atoms with Crippen LogP contribution >= 0.6 is 11.6 Å². The number of ether oxygens (including phenoxy) is 1. The van der Waals surface area contributed by atoms with Crippen LogP contribution in [0.2, 0.25) is 5.02 Å². The molecule has 0 fully saturated rings. The number of para-hydroxylation sites is 1. The average molecular weight is 599 g/mol. The molecule has 1 amide bonds. The van der Waals surface area contributed by atoms with Gasteiger partial charge in [-0.1, -0.05) is 29.8 Å². The van der Waals surface area contributed by atoms with E-state index in [9.17, 15) is 13.2 Å². The summed E-state index contributed by atoms with van der Waals surface area (Å²) in [6.45, 7) is 13.8. The Morgan fingerprint density at radius 3 is 2.37 bits per heavy atom. The zero-order valence-corrected chi connectivity index (χ0v) is 26.5. The molecule has 2 heterocycles. The van der Waals surface area contributed by atoms with Gasteiger partial charge in [-0.15, -0.1) is 0 Å². The van der Waals surface area contributed by atoms with Crippen molar-refractivity contribution < 1.29 is 17.9 Å². The summed E-state index contributed by atoms with van der Waals surface area (Å²) in [5, 5.41) is 6.62. The number of hydrogen-bond donors (Lipinski definition) is 1. The molecular weight excluding hydrogens is 560 g/mol. The predicted octanol–water partition coefficient (Wildman–Crippen LogP) is 6.20. The molecule has 8 nitrogen and oxygen atoms in total. The highest BCUT2D eigenvalue weighted by Crippen LogP contribution is 2.38. The van der Waals surface area contributed by atoms with Crippen LogP contribution < -0.4 is 9.46 Å². The Hall–Kier alpha value is -3.30. The Bertz CT molecular complexity index is 1700. The monoisotopic (exact) mass is 598 g/mol. The fourth-order valence-corrected chi connectivity index (χ4v) is 6.32. The first-order valence-corrected chi connectivity index (χ1v) is 16.1. The largest absolute Gasteiger partial charge is 0.494 e. The van der Waals surface area contributed by atoms with E-state index < -0.39 is 15.9 Å². The number of hydrogen-bond acceptors (Lipinski definition) is 5. The van der Waals surface area contributed by atoms with E-state index in [2.05, 4.69) is 48.3 Å². The topological polar surface area (TPSA) is 95.2 Å². The van der Waals surface area contributed by atoms with E-state index in [0.29, 0.717) is 13.2 Å². The molecule has 10 heteroatoms. The van der Waals surface area contributed by atoms with Crippen LogP contribution in [-0.4, -0.2) is 41.5 Å². The van der Waals surface area contributed by atoms with Gasteiger partial charge in [-0.2, -0.15) is 5.10 Å². The fourth-order valence-electron chi connectivity index (χ4n) is 5.69. The van der Waals surface area contributed by atoms with Gasteiger partial charge in [-0.25, -0.2) is 8.42 Å². The van der Waals surface area contributed by atoms with Crippen LogP contribution in [0.5, 0.6) is 5.75 Å². The maximum absolute atomic E-state index is 12.5. The van der Waals surface area contributed by atoms with Gasteiger partial charge in [0.1, 0.15) is 5.75 Å². The van der Waals surface area contributed by atoms with Crippen molar-refractivity contribution in [1.29, 1.82) is 0 Å². The van der Waals surface area contributed by atoms with Crippen LogP contribution in [0.15, 0.2) is 30.3 Å². The SMILES string of the molecule is CCn1nc(C)c(-c2cccc3c(CCCOc4cc(C)c(Cl)c(C)c4)c(C)n(CCC(=O)NS(C)(=O)=O)c23)c1C. The zero-order valence-electron chi connectivity index (χ0n) is 24.9. The average Bonchev–Trinajstić information content (AvgIpc) is 3.33. The van der Waals surface area contributed by atoms with Gasteiger partial charge in [0.2, 0.25) is 15.9 Å². The molecule has 0 aliphatic rings. The third kappa shape index (κ3) is 6.62. The van der Waals surface area contributed by atoms with Crippen LogP contribution in [-0.2, 0) is 34.3 Å². The molecule has 2 aromatic heterocycles. The molecule has 0 spiro atoms. The lowest BCUT2D eigenvalue weighted by Crippen LogP contribution is -2.30. The second-order valence-corrected chi connectivity index (χ2v) is 12.8. The van der Waals surface area contributed by atoms with Crippen molar-refractivity contribution >= 4 is 38.4 Å². The van der Waals surface area contributed by atoms with Gasteiger partial charge in [0.05, 0.1) is 24.1 Å². The van der Waals surface area contributed by atoms with Crippen molar-refractivity contribution in [3.63, 3.8) is 0 Å². The molecule has 0 aliphatic carbocycles. The van der Waals surface area contributed by atoms with Crippen molar-refractivity contribution in [2.75, 3.05) is 12.9 Å². The number of fused-ring (bicyclic) bond motifs is 1. The number of nitrogens with zero attached hydrogens (tertiary/aromatic N) is 3. The Balaban J connectivity index is 1.70. The van der Waals surface area contributed by atoms with Crippen LogP contribution in [0.4, 0.5) is 0 Å². The third-order valence-electron chi connectivity index (χ3n) is 7.53. The highest BCUT2D eigenvalue weighted by Gasteiger charge is 2.22. The third-order valence-corrected chi connectivity index (χ3v) is 8.73. The molecule has 0 saturated carbocycles. The number of carbonyl (C=O) groups excluding carboxylic acids is 1. The van der Waals surface area contributed by atoms with Gasteiger partial charge in [0.15, 0.2) is 0 Å². The number of rotatable bonds is 11. The quantitative estimate of drug-likeness (QED) is 0.207. The van der Waals surface area contributed by atoms with Crippen molar-refractivity contribution in [1.82, 2.24) is 19.1 Å². The van der Waals surface area contributed by atoms with Crippen LogP contribution in [0.1, 0.15) is 53.5 Å². The molecule has 1 N–H and O–H groups in total. The number of nitrogens with one attached hydrogen (secondary N) is 1. The van der Waals surface area contributed by atoms with Crippen molar-refractivity contribution in [2.45, 2.75) is 73.9 Å². The highest BCUT2D eigenvalue weighted by molar-refractivity contribution is 7.89. The predicted molar refractivity (Wildman–Crippen MR) is 165 cm³/mol. The Morgan fingerprint density at radius 1 is 1.07 bits per heavy atom. The highest BCUT2D eigenvalue weighted by atomic mass is 35.5. The van der Waals surface area contributed by atoms with Crippen LogP contribution in [0.3, 0.4) is 0 Å². The summed E-state index contributed by atoms with van der Waals surface area (Å²) in [4.78, 5) is 12.5. The van der Waals surface area contributed by atoms with E-state index in [1.807, 2.05) is 37.6 Å². The van der Waals surface area contributed by atoms with Gasteiger partial charge in [-0.3, -0.25) is 14.2 Å². The minimum Gasteiger partial charge on any atom is -0.494 e. The summed E-state index contributed by atoms with van der Waals surface area (Å²) in [6.07, 6.45) is 2.61. The lowest BCUT2D eigenvalue weighted by molar-refractivity contribution is -0.119. The zero-order chi connectivity index (χ0) is 30.1. The lowest BCUT2D eigenvalue weighted by Gasteiger charge is -2.13. The molecule has 0 aliphatic heterocycles.